The van der Waals surface area contributed by atoms with Gasteiger partial charge in [0.25, 0.3) is 11.8 Å². The number of benzene rings is 3. The zero-order chi connectivity index (χ0) is 35.1. The number of ketones is 1. The molecule has 1 aliphatic rings. The summed E-state index contributed by atoms with van der Waals surface area (Å²) in [5.41, 5.74) is 3.12. The van der Waals surface area contributed by atoms with Gasteiger partial charge in [-0.25, -0.2) is 9.78 Å². The second kappa shape index (κ2) is 18.5. The van der Waals surface area contributed by atoms with Crippen molar-refractivity contribution >= 4 is 23.7 Å². The third kappa shape index (κ3) is 10.9. The fraction of sp³-hybridized carbons (Fsp3) is 0.375. The van der Waals surface area contributed by atoms with Gasteiger partial charge in [-0.2, -0.15) is 0 Å². The van der Waals surface area contributed by atoms with E-state index in [2.05, 4.69) is 39.9 Å². The number of rotatable bonds is 16. The lowest BCUT2D eigenvalue weighted by Crippen LogP contribution is -2.39. The van der Waals surface area contributed by atoms with Crippen LogP contribution < -0.4 is 10.6 Å². The van der Waals surface area contributed by atoms with Gasteiger partial charge in [-0.05, 0) is 60.6 Å². The van der Waals surface area contributed by atoms with Crippen molar-refractivity contribution in [1.82, 2.24) is 20.5 Å². The summed E-state index contributed by atoms with van der Waals surface area (Å²) in [6, 6.07) is 29.1. The molecule has 4 aromatic rings. The highest BCUT2D eigenvalue weighted by molar-refractivity contribution is 5.99. The first-order valence-electron chi connectivity index (χ1n) is 17.4. The maximum absolute atomic E-state index is 13.7. The SMILES string of the molecule is CC(CCNC(=O)OCc1ccccc1)CC(=O)NCCC(C(=O)c1nc(C(=O)N2CCC(Cc3ccccc3)CC2)co1)c1ccccc1. The molecule has 0 saturated carbocycles. The molecule has 0 bridgehead atoms. The van der Waals surface area contributed by atoms with Gasteiger partial charge < -0.3 is 24.7 Å². The summed E-state index contributed by atoms with van der Waals surface area (Å²) in [7, 11) is 0. The number of aromatic nitrogens is 1. The van der Waals surface area contributed by atoms with Crippen LogP contribution in [0, 0.1) is 11.8 Å². The number of nitrogens with zero attached hydrogens (tertiary/aromatic N) is 2. The van der Waals surface area contributed by atoms with Crippen LogP contribution in [0.3, 0.4) is 0 Å². The van der Waals surface area contributed by atoms with Gasteiger partial charge in [0.05, 0.1) is 5.92 Å². The Labute approximate surface area is 293 Å². The summed E-state index contributed by atoms with van der Waals surface area (Å²) in [5, 5.41) is 5.66. The lowest BCUT2D eigenvalue weighted by Gasteiger charge is -2.31. The molecule has 10 heteroatoms. The first kappa shape index (κ1) is 36.0. The smallest absolute Gasteiger partial charge is 0.407 e. The van der Waals surface area contributed by atoms with E-state index in [1.807, 2.05) is 73.7 Å². The number of carbonyl (C=O) groups excluding carboxylic acids is 4. The van der Waals surface area contributed by atoms with Gasteiger partial charge in [0.1, 0.15) is 12.9 Å². The minimum Gasteiger partial charge on any atom is -0.445 e. The molecule has 0 radical (unpaired) electrons. The quantitative estimate of drug-likeness (QED) is 0.128. The van der Waals surface area contributed by atoms with E-state index in [1.54, 1.807) is 4.90 Å². The minimum absolute atomic E-state index is 0.0221. The number of amides is 3. The van der Waals surface area contributed by atoms with Crippen molar-refractivity contribution < 1.29 is 28.3 Å². The number of ether oxygens (including phenoxy) is 1. The third-order valence-corrected chi connectivity index (χ3v) is 9.13. The first-order chi connectivity index (χ1) is 24.4. The summed E-state index contributed by atoms with van der Waals surface area (Å²) < 4.78 is 10.8. The van der Waals surface area contributed by atoms with Crippen LogP contribution in [-0.2, 0) is 22.6 Å². The molecule has 2 unspecified atom stereocenters. The van der Waals surface area contributed by atoms with E-state index in [1.165, 1.54) is 11.8 Å². The molecule has 50 heavy (non-hydrogen) atoms. The summed E-state index contributed by atoms with van der Waals surface area (Å²) in [6.45, 7) is 4.07. The Morgan fingerprint density at radius 1 is 0.840 bits per heavy atom. The third-order valence-electron chi connectivity index (χ3n) is 9.13. The van der Waals surface area contributed by atoms with Gasteiger partial charge >= 0.3 is 6.09 Å². The Hall–Kier alpha value is -5.25. The molecule has 1 saturated heterocycles. The highest BCUT2D eigenvalue weighted by Crippen LogP contribution is 2.26. The van der Waals surface area contributed by atoms with Crippen molar-refractivity contribution in [3.05, 3.63) is 126 Å². The topological polar surface area (TPSA) is 131 Å². The predicted octanol–water partition coefficient (Wildman–Crippen LogP) is 6.59. The van der Waals surface area contributed by atoms with E-state index in [0.29, 0.717) is 38.4 Å². The van der Waals surface area contributed by atoms with Crippen LogP contribution in [0.1, 0.15) is 82.8 Å². The lowest BCUT2D eigenvalue weighted by atomic mass is 9.90. The van der Waals surface area contributed by atoms with Crippen molar-refractivity contribution in [3.63, 3.8) is 0 Å². The van der Waals surface area contributed by atoms with Crippen LogP contribution in [-0.4, -0.2) is 59.8 Å². The van der Waals surface area contributed by atoms with E-state index >= 15 is 0 Å². The summed E-state index contributed by atoms with van der Waals surface area (Å²) in [5.74, 6) is -0.906. The number of likely N-dealkylation sites (tertiary alicyclic amines) is 1. The Kier molecular flexibility index (Phi) is 13.3. The Balaban J connectivity index is 1.06. The number of piperidine rings is 1. The number of hydrogen-bond donors (Lipinski definition) is 2. The molecule has 0 spiro atoms. The van der Waals surface area contributed by atoms with Gasteiger partial charge in [-0.1, -0.05) is 97.9 Å². The molecule has 0 aliphatic carbocycles. The largest absolute Gasteiger partial charge is 0.445 e. The average Bonchev–Trinajstić information content (AvgIpc) is 3.64. The number of oxazole rings is 1. The van der Waals surface area contributed by atoms with Crippen molar-refractivity contribution in [2.24, 2.45) is 11.8 Å². The van der Waals surface area contributed by atoms with Crippen molar-refractivity contribution in [2.75, 3.05) is 26.2 Å². The normalized spacial score (nSPS) is 14.4. The number of Topliss-reactive ketones (excluding diaryl/α,β-unsaturated/α-hetero) is 1. The number of nitrogens with one attached hydrogen (secondary N) is 2. The van der Waals surface area contributed by atoms with Crippen molar-refractivity contribution in [1.29, 1.82) is 0 Å². The van der Waals surface area contributed by atoms with Crippen LogP contribution in [0.5, 0.6) is 0 Å². The molecule has 1 fully saturated rings. The lowest BCUT2D eigenvalue weighted by molar-refractivity contribution is -0.121. The van der Waals surface area contributed by atoms with Gasteiger partial charge in [0.2, 0.25) is 11.7 Å². The standard InChI is InChI=1S/C40H46N4O6/c1-29(17-21-42-40(48)50-27-32-13-7-3-8-14-32)25-36(45)41-22-18-34(33-15-9-4-10-16-33)37(46)38-43-35(28-49-38)39(47)44-23-19-31(20-24-44)26-30-11-5-2-6-12-30/h2-16,28-29,31,34H,17-27H2,1H3,(H,41,45)(H,42,48). The zero-order valence-electron chi connectivity index (χ0n) is 28.6. The van der Waals surface area contributed by atoms with E-state index < -0.39 is 12.0 Å². The molecule has 2 N–H and O–H groups in total. The molecule has 262 valence electrons. The van der Waals surface area contributed by atoms with Crippen LogP contribution in [0.15, 0.2) is 102 Å². The number of hydrogen-bond acceptors (Lipinski definition) is 7. The molecule has 3 amide bonds. The van der Waals surface area contributed by atoms with Gasteiger partial charge in [0.15, 0.2) is 5.69 Å². The molecule has 5 rings (SSSR count). The van der Waals surface area contributed by atoms with Crippen LogP contribution in [0.4, 0.5) is 4.79 Å². The maximum Gasteiger partial charge on any atom is 0.407 e. The molecular weight excluding hydrogens is 632 g/mol. The fourth-order valence-corrected chi connectivity index (χ4v) is 6.26. The number of carbonyl (C=O) groups is 4. The van der Waals surface area contributed by atoms with Crippen molar-refractivity contribution in [2.45, 2.75) is 58.0 Å². The molecule has 1 aliphatic heterocycles. The second-order valence-corrected chi connectivity index (χ2v) is 13.0. The monoisotopic (exact) mass is 678 g/mol. The van der Waals surface area contributed by atoms with Gasteiger partial charge in [-0.3, -0.25) is 14.4 Å². The average molecular weight is 679 g/mol. The molecule has 1 aromatic heterocycles. The summed E-state index contributed by atoms with van der Waals surface area (Å²) in [6.07, 6.45) is 4.81. The minimum atomic E-state index is -0.615. The van der Waals surface area contributed by atoms with Crippen LogP contribution in [0.2, 0.25) is 0 Å². The van der Waals surface area contributed by atoms with E-state index in [4.69, 9.17) is 9.15 Å². The number of alkyl carbamates (subject to hydrolysis) is 1. The molecule has 2 heterocycles. The highest BCUT2D eigenvalue weighted by atomic mass is 16.5. The molecular formula is C40H46N4O6. The maximum atomic E-state index is 13.7. The Bertz CT molecular complexity index is 1670. The summed E-state index contributed by atoms with van der Waals surface area (Å²) in [4.78, 5) is 57.8. The molecule has 2 atom stereocenters. The Morgan fingerprint density at radius 3 is 2.14 bits per heavy atom. The highest BCUT2D eigenvalue weighted by Gasteiger charge is 2.30. The first-order valence-corrected chi connectivity index (χ1v) is 17.4. The van der Waals surface area contributed by atoms with Crippen LogP contribution >= 0.6 is 0 Å². The second-order valence-electron chi connectivity index (χ2n) is 13.0. The zero-order valence-corrected chi connectivity index (χ0v) is 28.6. The van der Waals surface area contributed by atoms with Crippen molar-refractivity contribution in [3.8, 4) is 0 Å². The predicted molar refractivity (Wildman–Crippen MR) is 189 cm³/mol. The fourth-order valence-electron chi connectivity index (χ4n) is 6.26. The van der Waals surface area contributed by atoms with Gasteiger partial charge in [-0.15, -0.1) is 0 Å². The molecule has 3 aromatic carbocycles. The van der Waals surface area contributed by atoms with Gasteiger partial charge in [0, 0.05) is 32.6 Å². The van der Waals surface area contributed by atoms with E-state index in [0.717, 1.165) is 30.4 Å². The summed E-state index contributed by atoms with van der Waals surface area (Å²) >= 11 is 0. The van der Waals surface area contributed by atoms with E-state index in [9.17, 15) is 19.2 Å². The molecule has 10 nitrogen and oxygen atoms in total. The van der Waals surface area contributed by atoms with Crippen LogP contribution in [0.25, 0.3) is 0 Å². The Morgan fingerprint density at radius 2 is 1.46 bits per heavy atom. The van der Waals surface area contributed by atoms with E-state index in [-0.39, 0.29) is 54.7 Å².